The zero-order valence-electron chi connectivity index (χ0n) is 14.6. The fraction of sp³-hybridized carbons (Fsp3) is 0.158. The monoisotopic (exact) mass is 369 g/mol. The van der Waals surface area contributed by atoms with Crippen LogP contribution in [0.1, 0.15) is 12.5 Å². The van der Waals surface area contributed by atoms with Gasteiger partial charge in [-0.05, 0) is 55.8 Å². The van der Waals surface area contributed by atoms with Gasteiger partial charge in [-0.2, -0.15) is 0 Å². The van der Waals surface area contributed by atoms with Gasteiger partial charge in [-0.15, -0.1) is 0 Å². The van der Waals surface area contributed by atoms with Crippen molar-refractivity contribution in [3.63, 3.8) is 0 Å². The molecular weight excluding hydrogens is 350 g/mol. The Hall–Kier alpha value is -2.99. The molecule has 2 aromatic carbocycles. The molecule has 0 spiro atoms. The van der Waals surface area contributed by atoms with Crippen molar-refractivity contribution in [1.82, 2.24) is 9.97 Å². The maximum atomic E-state index is 6.24. The largest absolute Gasteiger partial charge is 0.494 e. The van der Waals surface area contributed by atoms with Crippen LogP contribution in [0.25, 0.3) is 0 Å². The lowest BCUT2D eigenvalue weighted by atomic mass is 10.2. The predicted octanol–water partition coefficient (Wildman–Crippen LogP) is 4.91. The number of nitrogens with two attached hydrogens (primary N) is 1. The fourth-order valence-electron chi connectivity index (χ4n) is 2.39. The van der Waals surface area contributed by atoms with E-state index < -0.39 is 0 Å². The highest BCUT2D eigenvalue weighted by atomic mass is 35.5. The lowest BCUT2D eigenvalue weighted by Crippen LogP contribution is -2.05. The summed E-state index contributed by atoms with van der Waals surface area (Å²) < 4.78 is 5.44. The van der Waals surface area contributed by atoms with Crippen molar-refractivity contribution in [3.8, 4) is 5.75 Å². The van der Waals surface area contributed by atoms with Gasteiger partial charge in [-0.3, -0.25) is 0 Å². The van der Waals surface area contributed by atoms with E-state index in [1.165, 1.54) is 6.33 Å². The van der Waals surface area contributed by atoms with Crippen LogP contribution in [0.2, 0.25) is 5.02 Å². The van der Waals surface area contributed by atoms with Crippen molar-refractivity contribution in [2.75, 3.05) is 23.0 Å². The fourth-order valence-corrected chi connectivity index (χ4v) is 2.56. The topological polar surface area (TPSA) is 85.1 Å². The number of anilines is 5. The number of aryl methyl sites for hydroxylation is 1. The van der Waals surface area contributed by atoms with Crippen LogP contribution in [-0.4, -0.2) is 16.6 Å². The summed E-state index contributed by atoms with van der Waals surface area (Å²) in [5, 5.41) is 7.05. The zero-order valence-corrected chi connectivity index (χ0v) is 15.3. The van der Waals surface area contributed by atoms with Crippen LogP contribution < -0.4 is 21.1 Å². The van der Waals surface area contributed by atoms with Crippen molar-refractivity contribution in [1.29, 1.82) is 0 Å². The molecule has 1 heterocycles. The molecule has 0 saturated carbocycles. The van der Waals surface area contributed by atoms with Gasteiger partial charge in [0.25, 0.3) is 0 Å². The maximum Gasteiger partial charge on any atom is 0.159 e. The van der Waals surface area contributed by atoms with E-state index in [0.29, 0.717) is 29.0 Å². The summed E-state index contributed by atoms with van der Waals surface area (Å²) >= 11 is 6.07. The molecule has 26 heavy (non-hydrogen) atoms. The van der Waals surface area contributed by atoms with Gasteiger partial charge in [0.15, 0.2) is 11.6 Å². The molecule has 4 N–H and O–H groups in total. The van der Waals surface area contributed by atoms with Crippen LogP contribution >= 0.6 is 11.6 Å². The molecule has 0 saturated heterocycles. The van der Waals surface area contributed by atoms with E-state index in [4.69, 9.17) is 22.1 Å². The number of aromatic nitrogens is 2. The number of halogens is 1. The Morgan fingerprint density at radius 3 is 2.42 bits per heavy atom. The van der Waals surface area contributed by atoms with Gasteiger partial charge in [0.2, 0.25) is 0 Å². The minimum Gasteiger partial charge on any atom is -0.494 e. The number of hydrogen-bond acceptors (Lipinski definition) is 6. The molecule has 0 bridgehead atoms. The third-order valence-electron chi connectivity index (χ3n) is 3.76. The van der Waals surface area contributed by atoms with E-state index in [1.54, 1.807) is 0 Å². The second-order valence-corrected chi connectivity index (χ2v) is 6.09. The number of ether oxygens (including phenoxy) is 1. The minimum atomic E-state index is 0.417. The summed E-state index contributed by atoms with van der Waals surface area (Å²) in [5.41, 5.74) is 9.38. The second-order valence-electron chi connectivity index (χ2n) is 5.65. The van der Waals surface area contributed by atoms with E-state index in [0.717, 1.165) is 22.7 Å². The van der Waals surface area contributed by atoms with E-state index in [1.807, 2.05) is 56.3 Å². The Morgan fingerprint density at radius 2 is 1.73 bits per heavy atom. The Bertz CT molecular complexity index is 899. The van der Waals surface area contributed by atoms with Gasteiger partial charge in [-0.25, -0.2) is 9.97 Å². The van der Waals surface area contributed by atoms with Gasteiger partial charge < -0.3 is 21.1 Å². The summed E-state index contributed by atoms with van der Waals surface area (Å²) in [7, 11) is 0. The van der Waals surface area contributed by atoms with E-state index >= 15 is 0 Å². The maximum absolute atomic E-state index is 6.24. The first-order chi connectivity index (χ1) is 12.6. The summed E-state index contributed by atoms with van der Waals surface area (Å²) in [5.74, 6) is 1.85. The number of benzene rings is 2. The Morgan fingerprint density at radius 1 is 1.04 bits per heavy atom. The molecule has 6 nitrogen and oxygen atoms in total. The highest BCUT2D eigenvalue weighted by molar-refractivity contribution is 6.30. The molecule has 0 aliphatic carbocycles. The van der Waals surface area contributed by atoms with Crippen LogP contribution in [0, 0.1) is 6.92 Å². The average Bonchev–Trinajstić information content (AvgIpc) is 2.63. The zero-order chi connectivity index (χ0) is 18.5. The number of nitrogens with one attached hydrogen (secondary N) is 2. The number of nitrogen functional groups attached to an aromatic ring is 1. The summed E-state index contributed by atoms with van der Waals surface area (Å²) in [4.78, 5) is 8.46. The van der Waals surface area contributed by atoms with Crippen molar-refractivity contribution >= 4 is 40.3 Å². The lowest BCUT2D eigenvalue weighted by Gasteiger charge is -2.14. The number of nitrogens with zero attached hydrogens (tertiary/aromatic N) is 2. The normalized spacial score (nSPS) is 10.4. The van der Waals surface area contributed by atoms with E-state index in [-0.39, 0.29) is 0 Å². The molecule has 3 rings (SSSR count). The minimum absolute atomic E-state index is 0.417. The molecule has 0 aliphatic heterocycles. The van der Waals surface area contributed by atoms with Gasteiger partial charge in [0, 0.05) is 16.4 Å². The summed E-state index contributed by atoms with van der Waals surface area (Å²) in [6.07, 6.45) is 1.45. The van der Waals surface area contributed by atoms with Gasteiger partial charge in [-0.1, -0.05) is 17.7 Å². The smallest absolute Gasteiger partial charge is 0.159 e. The number of hydrogen-bond donors (Lipinski definition) is 3. The molecule has 1 aromatic heterocycles. The first-order valence-electron chi connectivity index (χ1n) is 8.20. The molecule has 134 valence electrons. The molecule has 0 amide bonds. The number of rotatable bonds is 6. The summed E-state index contributed by atoms with van der Waals surface area (Å²) in [6, 6.07) is 13.2. The lowest BCUT2D eigenvalue weighted by molar-refractivity contribution is 0.340. The van der Waals surface area contributed by atoms with Crippen molar-refractivity contribution in [3.05, 3.63) is 59.4 Å². The molecule has 0 unspecified atom stereocenters. The SMILES string of the molecule is CCOc1ccc(Nc2ncnc(Nc3cc(Cl)ccc3C)c2N)cc1. The summed E-state index contributed by atoms with van der Waals surface area (Å²) in [6.45, 7) is 4.56. The molecule has 0 atom stereocenters. The molecule has 3 aromatic rings. The Labute approximate surface area is 157 Å². The van der Waals surface area contributed by atoms with Crippen LogP contribution in [0.3, 0.4) is 0 Å². The van der Waals surface area contributed by atoms with Crippen LogP contribution in [-0.2, 0) is 0 Å². The molecule has 7 heteroatoms. The van der Waals surface area contributed by atoms with Crippen molar-refractivity contribution in [2.45, 2.75) is 13.8 Å². The Kier molecular flexibility index (Phi) is 5.43. The predicted molar refractivity (Wildman–Crippen MR) is 107 cm³/mol. The van der Waals surface area contributed by atoms with Gasteiger partial charge in [0.05, 0.1) is 6.61 Å². The van der Waals surface area contributed by atoms with Crippen LogP contribution in [0.4, 0.5) is 28.7 Å². The van der Waals surface area contributed by atoms with Crippen LogP contribution in [0.15, 0.2) is 48.8 Å². The standard InChI is InChI=1S/C19H20ClN5O/c1-3-26-15-8-6-14(7-9-15)24-18-17(21)19(23-11-22-18)25-16-10-13(20)5-4-12(16)2/h4-11H,3,21H2,1-2H3,(H2,22,23,24,25). The van der Waals surface area contributed by atoms with E-state index in [9.17, 15) is 0 Å². The molecule has 0 radical (unpaired) electrons. The highest BCUT2D eigenvalue weighted by Crippen LogP contribution is 2.30. The van der Waals surface area contributed by atoms with Gasteiger partial charge in [0.1, 0.15) is 17.8 Å². The van der Waals surface area contributed by atoms with Crippen LogP contribution in [0.5, 0.6) is 5.75 Å². The highest BCUT2D eigenvalue weighted by Gasteiger charge is 2.10. The first-order valence-corrected chi connectivity index (χ1v) is 8.58. The van der Waals surface area contributed by atoms with Gasteiger partial charge >= 0.3 is 0 Å². The second kappa shape index (κ2) is 7.93. The van der Waals surface area contributed by atoms with Crippen molar-refractivity contribution < 1.29 is 4.74 Å². The van der Waals surface area contributed by atoms with E-state index in [2.05, 4.69) is 20.6 Å². The quantitative estimate of drug-likeness (QED) is 0.572. The molecule has 0 fully saturated rings. The molecule has 0 aliphatic rings. The average molecular weight is 370 g/mol. The third-order valence-corrected chi connectivity index (χ3v) is 4.00. The van der Waals surface area contributed by atoms with Crippen molar-refractivity contribution in [2.24, 2.45) is 0 Å². The third kappa shape index (κ3) is 4.15. The molecular formula is C19H20ClN5O. The Balaban J connectivity index is 1.81. The first kappa shape index (κ1) is 17.8.